The van der Waals surface area contributed by atoms with Crippen LogP contribution in [0.3, 0.4) is 0 Å². The van der Waals surface area contributed by atoms with Crippen LogP contribution in [0, 0.1) is 0 Å². The molecule has 1 aromatic heterocycles. The van der Waals surface area contributed by atoms with Crippen molar-refractivity contribution in [3.8, 4) is 16.2 Å². The topological polar surface area (TPSA) is 63.6 Å². The zero-order valence-electron chi connectivity index (χ0n) is 12.9. The van der Waals surface area contributed by atoms with E-state index in [1.165, 1.54) is 6.07 Å². The van der Waals surface area contributed by atoms with Crippen LogP contribution in [0.2, 0.25) is 0 Å². The first kappa shape index (κ1) is 20.2. The van der Waals surface area contributed by atoms with Crippen LogP contribution in [-0.2, 0) is 14.3 Å². The summed E-state index contributed by atoms with van der Waals surface area (Å²) in [7, 11) is -2.45. The second-order valence-corrected chi connectivity index (χ2v) is 7.12. The maximum atomic E-state index is 11.5. The minimum Gasteiger partial charge on any atom is -0.508 e. The lowest BCUT2D eigenvalue weighted by Gasteiger charge is -2.03. The molecule has 0 bridgehead atoms. The molecule has 7 heteroatoms. The Kier molecular flexibility index (Phi) is 8.00. The summed E-state index contributed by atoms with van der Waals surface area (Å²) in [6, 6.07) is 19.3. The van der Waals surface area contributed by atoms with Crippen LogP contribution in [0.5, 0.6) is 5.75 Å². The molecule has 24 heavy (non-hydrogen) atoms. The monoisotopic (exact) mass is 382 g/mol. The average molecular weight is 383 g/mol. The van der Waals surface area contributed by atoms with Crippen molar-refractivity contribution in [3.05, 3.63) is 72.1 Å². The molecule has 0 spiro atoms. The molecule has 0 aliphatic carbocycles. The summed E-state index contributed by atoms with van der Waals surface area (Å²) in [4.78, 5) is 1.22. The molecule has 0 saturated carbocycles. The van der Waals surface area contributed by atoms with E-state index in [1.807, 2.05) is 29.6 Å². The molecular formula is C17H18O4S3. The summed E-state index contributed by atoms with van der Waals surface area (Å²) >= 11 is 1.57. The fourth-order valence-corrected chi connectivity index (χ4v) is 3.20. The number of thiophene rings is 1. The third-order valence-electron chi connectivity index (χ3n) is 2.90. The van der Waals surface area contributed by atoms with Crippen LogP contribution in [0.15, 0.2) is 77.0 Å². The molecule has 3 rings (SSSR count). The molecule has 0 aliphatic rings. The molecule has 0 fully saturated rings. The molecule has 0 radical (unpaired) electrons. The Bertz CT molecular complexity index is 829. The van der Waals surface area contributed by atoms with Gasteiger partial charge in [0.25, 0.3) is 10.1 Å². The van der Waals surface area contributed by atoms with Gasteiger partial charge in [-0.2, -0.15) is 21.9 Å². The Hall–Kier alpha value is -1.80. The van der Waals surface area contributed by atoms with Crippen LogP contribution in [0.4, 0.5) is 0 Å². The predicted octanol–water partition coefficient (Wildman–Crippen LogP) is 4.26. The standard InChI is InChI=1S/C11H10O3S2.C6H6O.H2S/c1-14-16(12,13)10-5-2-4-9(8-10)11-6-3-7-15-11;7-6-4-2-1-3-5-6;/h2-8H,1H3;1-5,7H;1H2. The van der Waals surface area contributed by atoms with Crippen LogP contribution < -0.4 is 0 Å². The molecule has 128 valence electrons. The average Bonchev–Trinajstić information content (AvgIpc) is 3.11. The van der Waals surface area contributed by atoms with Gasteiger partial charge in [-0.1, -0.05) is 36.4 Å². The van der Waals surface area contributed by atoms with Gasteiger partial charge in [0.1, 0.15) is 5.75 Å². The highest BCUT2D eigenvalue weighted by molar-refractivity contribution is 7.86. The van der Waals surface area contributed by atoms with E-state index < -0.39 is 10.1 Å². The van der Waals surface area contributed by atoms with Crippen molar-refractivity contribution in [1.82, 2.24) is 0 Å². The minimum atomic E-state index is -3.61. The third-order valence-corrected chi connectivity index (χ3v) is 5.09. The molecule has 4 nitrogen and oxygen atoms in total. The maximum absolute atomic E-state index is 11.5. The number of benzene rings is 2. The summed E-state index contributed by atoms with van der Waals surface area (Å²) < 4.78 is 27.5. The Morgan fingerprint density at radius 2 is 1.67 bits per heavy atom. The second kappa shape index (κ2) is 9.48. The lowest BCUT2D eigenvalue weighted by atomic mass is 10.2. The second-order valence-electron chi connectivity index (χ2n) is 4.46. The third kappa shape index (κ3) is 5.68. The predicted molar refractivity (Wildman–Crippen MR) is 102 cm³/mol. The Morgan fingerprint density at radius 3 is 2.17 bits per heavy atom. The molecule has 2 aromatic carbocycles. The summed E-state index contributed by atoms with van der Waals surface area (Å²) in [6.07, 6.45) is 0. The van der Waals surface area contributed by atoms with Gasteiger partial charge in [0.15, 0.2) is 0 Å². The van der Waals surface area contributed by atoms with E-state index in [9.17, 15) is 8.42 Å². The zero-order valence-corrected chi connectivity index (χ0v) is 15.5. The molecule has 3 aromatic rings. The van der Waals surface area contributed by atoms with E-state index in [-0.39, 0.29) is 18.4 Å². The van der Waals surface area contributed by atoms with Crippen LogP contribution in [0.1, 0.15) is 0 Å². The van der Waals surface area contributed by atoms with Crippen molar-refractivity contribution in [2.45, 2.75) is 4.90 Å². The van der Waals surface area contributed by atoms with Gasteiger partial charge in [0.05, 0.1) is 12.0 Å². The van der Waals surface area contributed by atoms with Crippen molar-refractivity contribution in [3.63, 3.8) is 0 Å². The Morgan fingerprint density at radius 1 is 0.958 bits per heavy atom. The van der Waals surface area contributed by atoms with E-state index in [0.717, 1.165) is 17.6 Å². The SMILES string of the molecule is COS(=O)(=O)c1cccc(-c2cccs2)c1.Oc1ccccc1.S. The summed E-state index contributed by atoms with van der Waals surface area (Å²) in [5.41, 5.74) is 0.883. The molecule has 1 heterocycles. The van der Waals surface area contributed by atoms with E-state index in [2.05, 4.69) is 4.18 Å². The Labute approximate surface area is 152 Å². The van der Waals surface area contributed by atoms with Gasteiger partial charge in [-0.15, -0.1) is 11.3 Å². The Balaban J connectivity index is 0.000000304. The van der Waals surface area contributed by atoms with Gasteiger partial charge in [0, 0.05) is 4.88 Å². The van der Waals surface area contributed by atoms with Gasteiger partial charge in [-0.25, -0.2) is 0 Å². The molecule has 0 amide bonds. The van der Waals surface area contributed by atoms with Crippen molar-refractivity contribution in [1.29, 1.82) is 0 Å². The highest BCUT2D eigenvalue weighted by Gasteiger charge is 2.13. The van der Waals surface area contributed by atoms with E-state index in [0.29, 0.717) is 5.75 Å². The first-order valence-electron chi connectivity index (χ1n) is 6.71. The lowest BCUT2D eigenvalue weighted by molar-refractivity contribution is 0.398. The molecule has 1 N–H and O–H groups in total. The van der Waals surface area contributed by atoms with Gasteiger partial charge in [0.2, 0.25) is 0 Å². The molecule has 0 atom stereocenters. The molecular weight excluding hydrogens is 364 g/mol. The van der Waals surface area contributed by atoms with Crippen molar-refractivity contribution in [2.75, 3.05) is 7.11 Å². The number of phenols is 1. The van der Waals surface area contributed by atoms with Crippen LogP contribution in [0.25, 0.3) is 10.4 Å². The normalized spacial score (nSPS) is 10.2. The van der Waals surface area contributed by atoms with Crippen LogP contribution >= 0.6 is 24.8 Å². The van der Waals surface area contributed by atoms with Gasteiger partial charge >= 0.3 is 0 Å². The summed E-state index contributed by atoms with van der Waals surface area (Å²) in [6.45, 7) is 0. The van der Waals surface area contributed by atoms with E-state index >= 15 is 0 Å². The quantitative estimate of drug-likeness (QED) is 0.688. The number of aromatic hydroxyl groups is 1. The highest BCUT2D eigenvalue weighted by Crippen LogP contribution is 2.26. The largest absolute Gasteiger partial charge is 0.508 e. The number of para-hydroxylation sites is 1. The van der Waals surface area contributed by atoms with Crippen LogP contribution in [-0.4, -0.2) is 20.6 Å². The maximum Gasteiger partial charge on any atom is 0.296 e. The highest BCUT2D eigenvalue weighted by atomic mass is 32.2. The van der Waals surface area contributed by atoms with Crippen molar-refractivity contribution >= 4 is 35.0 Å². The minimum absolute atomic E-state index is 0. The first-order chi connectivity index (χ1) is 11.0. The van der Waals surface area contributed by atoms with Gasteiger partial charge < -0.3 is 5.11 Å². The fourth-order valence-electron chi connectivity index (χ4n) is 1.77. The van der Waals surface area contributed by atoms with Crippen molar-refractivity contribution < 1.29 is 17.7 Å². The smallest absolute Gasteiger partial charge is 0.296 e. The first-order valence-corrected chi connectivity index (χ1v) is 9.00. The number of hydrogen-bond donors (Lipinski definition) is 1. The number of phenolic OH excluding ortho intramolecular Hbond substituents is 1. The molecule has 0 saturated heterocycles. The zero-order chi connectivity index (χ0) is 16.7. The van der Waals surface area contributed by atoms with E-state index in [1.54, 1.807) is 47.7 Å². The molecule has 0 aliphatic heterocycles. The number of rotatable bonds is 3. The van der Waals surface area contributed by atoms with E-state index in [4.69, 9.17) is 5.11 Å². The fraction of sp³-hybridized carbons (Fsp3) is 0.0588. The van der Waals surface area contributed by atoms with Gasteiger partial charge in [-0.3, -0.25) is 4.18 Å². The lowest BCUT2D eigenvalue weighted by Crippen LogP contribution is -2.02. The van der Waals surface area contributed by atoms with Gasteiger partial charge in [-0.05, 0) is 41.3 Å². The summed E-state index contributed by atoms with van der Waals surface area (Å²) in [5, 5.41) is 10.6. The summed E-state index contributed by atoms with van der Waals surface area (Å²) in [5.74, 6) is 0.322. The number of hydrogen-bond acceptors (Lipinski definition) is 5. The molecule has 0 unspecified atom stereocenters. The van der Waals surface area contributed by atoms with Crippen molar-refractivity contribution in [2.24, 2.45) is 0 Å².